The number of ether oxygens (including phenoxy) is 1. The first-order valence-corrected chi connectivity index (χ1v) is 6.28. The van der Waals surface area contributed by atoms with E-state index in [1.165, 1.54) is 5.56 Å². The van der Waals surface area contributed by atoms with E-state index in [9.17, 15) is 4.79 Å². The normalized spacial score (nSPS) is 24.3. The van der Waals surface area contributed by atoms with Crippen molar-refractivity contribution in [3.05, 3.63) is 35.9 Å². The Hall–Kier alpha value is -1.35. The van der Waals surface area contributed by atoms with E-state index in [0.717, 1.165) is 19.4 Å². The average molecular weight is 233 g/mol. The minimum absolute atomic E-state index is 0.0499. The lowest BCUT2D eigenvalue weighted by atomic mass is 9.86. The number of rotatable bonds is 3. The Kier molecular flexibility index (Phi) is 4.15. The Morgan fingerprint density at radius 1 is 1.41 bits per heavy atom. The van der Waals surface area contributed by atoms with Crippen LogP contribution < -0.4 is 5.32 Å². The summed E-state index contributed by atoms with van der Waals surface area (Å²) in [4.78, 5) is 11.9. The van der Waals surface area contributed by atoms with Crippen LogP contribution in [0.25, 0.3) is 0 Å². The smallest absolute Gasteiger partial charge is 0.310 e. The molecule has 1 heterocycles. The van der Waals surface area contributed by atoms with Gasteiger partial charge in [0.05, 0.1) is 12.5 Å². The van der Waals surface area contributed by atoms with Crippen LogP contribution in [0.2, 0.25) is 0 Å². The van der Waals surface area contributed by atoms with E-state index in [0.29, 0.717) is 6.61 Å². The van der Waals surface area contributed by atoms with Gasteiger partial charge in [0.2, 0.25) is 0 Å². The molecule has 3 nitrogen and oxygen atoms in total. The second kappa shape index (κ2) is 5.82. The number of hydrogen-bond donors (Lipinski definition) is 1. The van der Waals surface area contributed by atoms with Crippen molar-refractivity contribution in [3.63, 3.8) is 0 Å². The van der Waals surface area contributed by atoms with Crippen molar-refractivity contribution in [1.29, 1.82) is 0 Å². The molecule has 0 aromatic heterocycles. The van der Waals surface area contributed by atoms with Crippen LogP contribution in [-0.4, -0.2) is 19.1 Å². The number of esters is 1. The van der Waals surface area contributed by atoms with E-state index < -0.39 is 0 Å². The highest BCUT2D eigenvalue weighted by atomic mass is 16.5. The molecule has 2 atom stereocenters. The van der Waals surface area contributed by atoms with Crippen LogP contribution in [0.15, 0.2) is 30.3 Å². The molecule has 0 spiro atoms. The predicted octanol–water partition coefficient (Wildman–Crippen LogP) is 2.29. The summed E-state index contributed by atoms with van der Waals surface area (Å²) >= 11 is 0. The van der Waals surface area contributed by atoms with E-state index in [1.807, 2.05) is 25.1 Å². The van der Waals surface area contributed by atoms with Gasteiger partial charge in [0.25, 0.3) is 0 Å². The van der Waals surface area contributed by atoms with E-state index in [-0.39, 0.29) is 17.9 Å². The van der Waals surface area contributed by atoms with Gasteiger partial charge in [-0.05, 0) is 31.9 Å². The van der Waals surface area contributed by atoms with E-state index in [1.54, 1.807) is 0 Å². The summed E-state index contributed by atoms with van der Waals surface area (Å²) in [5.41, 5.74) is 1.17. The molecule has 17 heavy (non-hydrogen) atoms. The summed E-state index contributed by atoms with van der Waals surface area (Å²) in [6.07, 6.45) is 1.94. The van der Waals surface area contributed by atoms with Gasteiger partial charge in [-0.25, -0.2) is 0 Å². The van der Waals surface area contributed by atoms with Crippen molar-refractivity contribution < 1.29 is 9.53 Å². The maximum absolute atomic E-state index is 11.9. The van der Waals surface area contributed by atoms with Gasteiger partial charge in [0.15, 0.2) is 0 Å². The molecule has 1 fully saturated rings. The molecule has 1 saturated heterocycles. The lowest BCUT2D eigenvalue weighted by Gasteiger charge is -2.31. The molecule has 92 valence electrons. The molecule has 0 radical (unpaired) electrons. The molecule has 3 heteroatoms. The van der Waals surface area contributed by atoms with Crippen molar-refractivity contribution in [3.8, 4) is 0 Å². The van der Waals surface area contributed by atoms with Gasteiger partial charge >= 0.3 is 5.97 Å². The van der Waals surface area contributed by atoms with E-state index in [4.69, 9.17) is 4.74 Å². The van der Waals surface area contributed by atoms with Gasteiger partial charge in [-0.15, -0.1) is 0 Å². The summed E-state index contributed by atoms with van der Waals surface area (Å²) in [6.45, 7) is 3.28. The summed E-state index contributed by atoms with van der Waals surface area (Å²) in [5.74, 6) is -0.125. The third kappa shape index (κ3) is 2.86. The van der Waals surface area contributed by atoms with Crippen LogP contribution in [0, 0.1) is 5.92 Å². The lowest BCUT2D eigenvalue weighted by Crippen LogP contribution is -2.39. The van der Waals surface area contributed by atoms with E-state index in [2.05, 4.69) is 17.4 Å². The zero-order chi connectivity index (χ0) is 12.1. The van der Waals surface area contributed by atoms with Crippen molar-refractivity contribution in [2.75, 3.05) is 13.2 Å². The number of piperidine rings is 1. The SMILES string of the molecule is CCOC(=O)[C@@H]1CCCN[C@@H]1c1ccccc1. The lowest BCUT2D eigenvalue weighted by molar-refractivity contribution is -0.150. The first-order chi connectivity index (χ1) is 8.33. The number of carbonyl (C=O) groups is 1. The topological polar surface area (TPSA) is 38.3 Å². The molecule has 1 N–H and O–H groups in total. The third-order valence-electron chi connectivity index (χ3n) is 3.21. The third-order valence-corrected chi connectivity index (χ3v) is 3.21. The first-order valence-electron chi connectivity index (χ1n) is 6.28. The fourth-order valence-corrected chi connectivity index (χ4v) is 2.40. The van der Waals surface area contributed by atoms with Gasteiger partial charge in [-0.2, -0.15) is 0 Å². The molecule has 1 aliphatic heterocycles. The van der Waals surface area contributed by atoms with Crippen LogP contribution in [-0.2, 0) is 9.53 Å². The fraction of sp³-hybridized carbons (Fsp3) is 0.500. The number of benzene rings is 1. The average Bonchev–Trinajstić information content (AvgIpc) is 2.40. The largest absolute Gasteiger partial charge is 0.466 e. The highest BCUT2D eigenvalue weighted by Crippen LogP contribution is 2.30. The summed E-state index contributed by atoms with van der Waals surface area (Å²) < 4.78 is 5.15. The second-order valence-corrected chi connectivity index (χ2v) is 4.34. The number of nitrogens with one attached hydrogen (secondary N) is 1. The van der Waals surface area contributed by atoms with E-state index >= 15 is 0 Å². The Balaban J connectivity index is 2.15. The highest BCUT2D eigenvalue weighted by Gasteiger charge is 2.32. The number of hydrogen-bond acceptors (Lipinski definition) is 3. The summed E-state index contributed by atoms with van der Waals surface area (Å²) in [7, 11) is 0. The standard InChI is InChI=1S/C14H19NO2/c1-2-17-14(16)12-9-6-10-15-13(12)11-7-4-3-5-8-11/h3-5,7-8,12-13,15H,2,6,9-10H2,1H3/t12-,13-/m1/s1. The zero-order valence-electron chi connectivity index (χ0n) is 10.2. The van der Waals surface area contributed by atoms with Crippen LogP contribution in [0.1, 0.15) is 31.4 Å². The molecule has 0 saturated carbocycles. The molecule has 0 amide bonds. The Labute approximate surface area is 102 Å². The fourth-order valence-electron chi connectivity index (χ4n) is 2.40. The predicted molar refractivity (Wildman–Crippen MR) is 66.5 cm³/mol. The molecule has 2 rings (SSSR count). The monoisotopic (exact) mass is 233 g/mol. The molecule has 0 aliphatic carbocycles. The first kappa shape index (κ1) is 12.1. The van der Waals surface area contributed by atoms with Crippen molar-refractivity contribution in [1.82, 2.24) is 5.32 Å². The minimum Gasteiger partial charge on any atom is -0.466 e. The molecular formula is C14H19NO2. The Morgan fingerprint density at radius 3 is 2.88 bits per heavy atom. The van der Waals surface area contributed by atoms with Crippen LogP contribution >= 0.6 is 0 Å². The molecular weight excluding hydrogens is 214 g/mol. The van der Waals surface area contributed by atoms with Gasteiger partial charge in [-0.3, -0.25) is 4.79 Å². The maximum atomic E-state index is 11.9. The van der Waals surface area contributed by atoms with Crippen LogP contribution in [0.5, 0.6) is 0 Å². The summed E-state index contributed by atoms with van der Waals surface area (Å²) in [5, 5.41) is 3.42. The maximum Gasteiger partial charge on any atom is 0.310 e. The second-order valence-electron chi connectivity index (χ2n) is 4.34. The quantitative estimate of drug-likeness (QED) is 0.814. The van der Waals surface area contributed by atoms with Gasteiger partial charge < -0.3 is 10.1 Å². The van der Waals surface area contributed by atoms with Crippen LogP contribution in [0.3, 0.4) is 0 Å². The van der Waals surface area contributed by atoms with Crippen LogP contribution in [0.4, 0.5) is 0 Å². The molecule has 0 unspecified atom stereocenters. The molecule has 1 aromatic rings. The van der Waals surface area contributed by atoms with Crippen molar-refractivity contribution in [2.24, 2.45) is 5.92 Å². The van der Waals surface area contributed by atoms with Gasteiger partial charge in [-0.1, -0.05) is 30.3 Å². The number of carbonyl (C=O) groups excluding carboxylic acids is 1. The molecule has 0 bridgehead atoms. The Bertz CT molecular complexity index is 364. The molecule has 1 aliphatic rings. The zero-order valence-corrected chi connectivity index (χ0v) is 10.2. The van der Waals surface area contributed by atoms with Crippen molar-refractivity contribution >= 4 is 5.97 Å². The Morgan fingerprint density at radius 2 is 2.18 bits per heavy atom. The highest BCUT2D eigenvalue weighted by molar-refractivity contribution is 5.73. The van der Waals surface area contributed by atoms with Gasteiger partial charge in [0.1, 0.15) is 0 Å². The van der Waals surface area contributed by atoms with Gasteiger partial charge in [0, 0.05) is 6.04 Å². The summed E-state index contributed by atoms with van der Waals surface area (Å²) in [6, 6.07) is 10.2. The molecule has 1 aromatic carbocycles. The minimum atomic E-state index is -0.0754. The van der Waals surface area contributed by atoms with Crippen molar-refractivity contribution in [2.45, 2.75) is 25.8 Å².